The van der Waals surface area contributed by atoms with E-state index in [9.17, 15) is 14.4 Å². The fourth-order valence-electron chi connectivity index (χ4n) is 4.19. The van der Waals surface area contributed by atoms with Crippen LogP contribution in [0.3, 0.4) is 0 Å². The standard InChI is InChI=1S/C24H29N5O3/c1-15(2)26-21(30)5-4-11-29-12-9-22(31)27-19-7-6-16(13-20(19)29)18-14-28(3)24(32)23-17(18)8-10-25-23/h6-8,10,13-15,25H,4-5,9,11-12H2,1-3H3,(H,26,30)(H,27,31). The topological polar surface area (TPSA) is 99.2 Å². The summed E-state index contributed by atoms with van der Waals surface area (Å²) in [6, 6.07) is 7.96. The van der Waals surface area contributed by atoms with Crippen LogP contribution in [-0.2, 0) is 16.6 Å². The molecule has 0 saturated heterocycles. The van der Waals surface area contributed by atoms with E-state index in [1.807, 2.05) is 38.2 Å². The van der Waals surface area contributed by atoms with E-state index in [2.05, 4.69) is 26.6 Å². The van der Waals surface area contributed by atoms with Crippen LogP contribution in [-0.4, -0.2) is 40.5 Å². The number of aromatic amines is 1. The Morgan fingerprint density at radius 3 is 2.81 bits per heavy atom. The van der Waals surface area contributed by atoms with Gasteiger partial charge in [-0.15, -0.1) is 0 Å². The van der Waals surface area contributed by atoms with Gasteiger partial charge >= 0.3 is 0 Å². The van der Waals surface area contributed by atoms with Crippen LogP contribution in [0.15, 0.2) is 41.5 Å². The highest BCUT2D eigenvalue weighted by Gasteiger charge is 2.21. The molecule has 2 amide bonds. The van der Waals surface area contributed by atoms with Crippen LogP contribution in [0.25, 0.3) is 22.0 Å². The fraction of sp³-hybridized carbons (Fsp3) is 0.375. The van der Waals surface area contributed by atoms with Crippen molar-refractivity contribution in [2.75, 3.05) is 23.3 Å². The molecule has 1 aliphatic rings. The van der Waals surface area contributed by atoms with Gasteiger partial charge < -0.3 is 25.1 Å². The number of carbonyl (C=O) groups is 2. The molecule has 1 aliphatic heterocycles. The number of rotatable bonds is 6. The van der Waals surface area contributed by atoms with Crippen molar-refractivity contribution >= 4 is 34.1 Å². The number of H-pyrrole nitrogens is 1. The molecule has 8 nitrogen and oxygen atoms in total. The molecule has 8 heteroatoms. The normalized spacial score (nSPS) is 13.8. The number of pyridine rings is 1. The smallest absolute Gasteiger partial charge is 0.274 e. The van der Waals surface area contributed by atoms with Crippen molar-refractivity contribution in [2.24, 2.45) is 7.05 Å². The zero-order valence-electron chi connectivity index (χ0n) is 18.7. The Labute approximate surface area is 186 Å². The number of anilines is 2. The minimum atomic E-state index is -0.0722. The van der Waals surface area contributed by atoms with Crippen molar-refractivity contribution in [1.82, 2.24) is 14.9 Å². The van der Waals surface area contributed by atoms with E-state index in [-0.39, 0.29) is 23.4 Å². The fourth-order valence-corrected chi connectivity index (χ4v) is 4.19. The number of amides is 2. The van der Waals surface area contributed by atoms with Crippen molar-refractivity contribution in [2.45, 2.75) is 39.2 Å². The number of nitrogens with zero attached hydrogens (tertiary/aromatic N) is 2. The molecule has 0 unspecified atom stereocenters. The van der Waals surface area contributed by atoms with Gasteiger partial charge in [-0.05, 0) is 44.0 Å². The molecule has 2 aromatic heterocycles. The van der Waals surface area contributed by atoms with Gasteiger partial charge in [0.05, 0.1) is 11.4 Å². The van der Waals surface area contributed by atoms with Gasteiger partial charge in [-0.3, -0.25) is 14.4 Å². The minimum Gasteiger partial charge on any atom is -0.369 e. The lowest BCUT2D eigenvalue weighted by Gasteiger charge is -2.25. The summed E-state index contributed by atoms with van der Waals surface area (Å²) >= 11 is 0. The van der Waals surface area contributed by atoms with Crippen LogP contribution < -0.4 is 21.1 Å². The van der Waals surface area contributed by atoms with Crippen LogP contribution in [0.4, 0.5) is 11.4 Å². The number of hydrogen-bond donors (Lipinski definition) is 3. The van der Waals surface area contributed by atoms with E-state index < -0.39 is 0 Å². The first kappa shape index (κ1) is 21.7. The van der Waals surface area contributed by atoms with E-state index in [0.29, 0.717) is 37.9 Å². The van der Waals surface area contributed by atoms with E-state index in [4.69, 9.17) is 0 Å². The van der Waals surface area contributed by atoms with E-state index in [0.717, 1.165) is 27.9 Å². The lowest BCUT2D eigenvalue weighted by molar-refractivity contribution is -0.121. The largest absolute Gasteiger partial charge is 0.369 e. The highest BCUT2D eigenvalue weighted by molar-refractivity contribution is 5.99. The molecule has 0 radical (unpaired) electrons. The number of fused-ring (bicyclic) bond motifs is 2. The van der Waals surface area contributed by atoms with Crippen molar-refractivity contribution in [3.8, 4) is 11.1 Å². The molecule has 3 heterocycles. The van der Waals surface area contributed by atoms with Gasteiger partial charge in [-0.1, -0.05) is 6.07 Å². The van der Waals surface area contributed by atoms with Gasteiger partial charge in [-0.2, -0.15) is 0 Å². The van der Waals surface area contributed by atoms with Gasteiger partial charge in [0.25, 0.3) is 5.56 Å². The lowest BCUT2D eigenvalue weighted by Crippen LogP contribution is -2.31. The Morgan fingerprint density at radius 2 is 2.03 bits per heavy atom. The van der Waals surface area contributed by atoms with Gasteiger partial charge in [0.2, 0.25) is 11.8 Å². The third kappa shape index (κ3) is 4.39. The van der Waals surface area contributed by atoms with Crippen LogP contribution >= 0.6 is 0 Å². The average molecular weight is 436 g/mol. The predicted octanol–water partition coefficient (Wildman–Crippen LogP) is 2.99. The molecule has 3 N–H and O–H groups in total. The minimum absolute atomic E-state index is 0.0193. The SMILES string of the molecule is CC(C)NC(=O)CCCN1CCC(=O)Nc2ccc(-c3cn(C)c(=O)c4[nH]ccc34)cc21. The molecule has 0 fully saturated rings. The molecule has 0 bridgehead atoms. The maximum Gasteiger partial charge on any atom is 0.274 e. The Balaban J connectivity index is 1.66. The van der Waals surface area contributed by atoms with Crippen LogP contribution in [0.5, 0.6) is 0 Å². The highest BCUT2D eigenvalue weighted by atomic mass is 16.2. The van der Waals surface area contributed by atoms with E-state index in [1.54, 1.807) is 17.8 Å². The Kier molecular flexibility index (Phi) is 6.03. The molecule has 0 saturated carbocycles. The first-order chi connectivity index (χ1) is 15.3. The summed E-state index contributed by atoms with van der Waals surface area (Å²) in [6.45, 7) is 5.15. The zero-order chi connectivity index (χ0) is 22.8. The quantitative estimate of drug-likeness (QED) is 0.554. The first-order valence-corrected chi connectivity index (χ1v) is 11.0. The Morgan fingerprint density at radius 1 is 1.22 bits per heavy atom. The molecule has 0 atom stereocenters. The van der Waals surface area contributed by atoms with Crippen LogP contribution in [0.1, 0.15) is 33.1 Å². The molecule has 4 rings (SSSR count). The van der Waals surface area contributed by atoms with Crippen LogP contribution in [0.2, 0.25) is 0 Å². The number of aromatic nitrogens is 2. The van der Waals surface area contributed by atoms with Gasteiger partial charge in [0.15, 0.2) is 0 Å². The van der Waals surface area contributed by atoms with E-state index in [1.165, 1.54) is 0 Å². The molecule has 3 aromatic rings. The summed E-state index contributed by atoms with van der Waals surface area (Å²) in [4.78, 5) is 41.9. The number of benzene rings is 1. The van der Waals surface area contributed by atoms with Crippen molar-refractivity contribution < 1.29 is 9.59 Å². The second-order valence-electron chi connectivity index (χ2n) is 8.57. The third-order valence-electron chi connectivity index (χ3n) is 5.71. The monoisotopic (exact) mass is 435 g/mol. The molecule has 0 spiro atoms. The second-order valence-corrected chi connectivity index (χ2v) is 8.57. The number of aryl methyl sites for hydroxylation is 1. The summed E-state index contributed by atoms with van der Waals surface area (Å²) in [5.74, 6) is 0.0206. The van der Waals surface area contributed by atoms with Gasteiger partial charge in [0, 0.05) is 62.4 Å². The van der Waals surface area contributed by atoms with Crippen molar-refractivity contribution in [3.05, 3.63) is 47.0 Å². The number of carbonyl (C=O) groups excluding carboxylic acids is 2. The van der Waals surface area contributed by atoms with Crippen LogP contribution in [0, 0.1) is 0 Å². The zero-order valence-corrected chi connectivity index (χ0v) is 18.7. The average Bonchev–Trinajstić information content (AvgIpc) is 3.17. The summed E-state index contributed by atoms with van der Waals surface area (Å²) in [6.07, 6.45) is 5.14. The highest BCUT2D eigenvalue weighted by Crippen LogP contribution is 2.35. The molecule has 0 aliphatic carbocycles. The maximum absolute atomic E-state index is 12.4. The molecular weight excluding hydrogens is 406 g/mol. The summed E-state index contributed by atoms with van der Waals surface area (Å²) < 4.78 is 1.58. The van der Waals surface area contributed by atoms with Crippen molar-refractivity contribution in [3.63, 3.8) is 0 Å². The molecule has 32 heavy (non-hydrogen) atoms. The van der Waals surface area contributed by atoms with E-state index >= 15 is 0 Å². The van der Waals surface area contributed by atoms with Gasteiger partial charge in [-0.25, -0.2) is 0 Å². The summed E-state index contributed by atoms with van der Waals surface area (Å²) in [5.41, 5.74) is 4.09. The Hall–Kier alpha value is -3.55. The molecule has 1 aromatic carbocycles. The summed E-state index contributed by atoms with van der Waals surface area (Å²) in [5, 5.41) is 6.77. The Bertz CT molecular complexity index is 1220. The second kappa shape index (κ2) is 8.90. The summed E-state index contributed by atoms with van der Waals surface area (Å²) in [7, 11) is 1.74. The first-order valence-electron chi connectivity index (χ1n) is 11.0. The number of nitrogens with one attached hydrogen (secondary N) is 3. The predicted molar refractivity (Wildman–Crippen MR) is 127 cm³/mol. The lowest BCUT2D eigenvalue weighted by atomic mass is 10.0. The third-order valence-corrected chi connectivity index (χ3v) is 5.71. The van der Waals surface area contributed by atoms with Crippen molar-refractivity contribution in [1.29, 1.82) is 0 Å². The number of hydrogen-bond acceptors (Lipinski definition) is 4. The molecular formula is C24H29N5O3. The molecule has 168 valence electrons. The maximum atomic E-state index is 12.4. The van der Waals surface area contributed by atoms with Gasteiger partial charge in [0.1, 0.15) is 5.52 Å².